The first-order valence-electron chi connectivity index (χ1n) is 10.3. The highest BCUT2D eigenvalue weighted by molar-refractivity contribution is 5.96. The van der Waals surface area contributed by atoms with Gasteiger partial charge in [-0.15, -0.1) is 0 Å². The average molecular weight is 418 g/mol. The molecule has 0 aliphatic carbocycles. The minimum atomic E-state index is -0.735. The molecule has 2 amide bonds. The van der Waals surface area contributed by atoms with Crippen LogP contribution in [-0.2, 0) is 16.1 Å². The smallest absolute Gasteiger partial charge is 0.265 e. The van der Waals surface area contributed by atoms with E-state index in [2.05, 4.69) is 5.32 Å². The standard InChI is InChI=1S/C24H26N4O3/c1-4-27(5-2)23(29)16-28-12-11-19-14-20(9-10-22(19)28)26-24(30)17(3)31-21-8-6-7-18(13-21)15-25/h6-14,17H,4-5,16H2,1-3H3,(H,26,30). The lowest BCUT2D eigenvalue weighted by Crippen LogP contribution is -2.33. The van der Waals surface area contributed by atoms with Crippen molar-refractivity contribution in [2.45, 2.75) is 33.4 Å². The first-order valence-corrected chi connectivity index (χ1v) is 10.3. The second-order valence-corrected chi connectivity index (χ2v) is 7.17. The Morgan fingerprint density at radius 1 is 1.16 bits per heavy atom. The molecule has 1 N–H and O–H groups in total. The van der Waals surface area contributed by atoms with Gasteiger partial charge in [0.25, 0.3) is 5.91 Å². The highest BCUT2D eigenvalue weighted by Gasteiger charge is 2.16. The van der Waals surface area contributed by atoms with Gasteiger partial charge in [0.15, 0.2) is 6.10 Å². The number of ether oxygens (including phenoxy) is 1. The van der Waals surface area contributed by atoms with E-state index in [-0.39, 0.29) is 18.4 Å². The second-order valence-electron chi connectivity index (χ2n) is 7.17. The van der Waals surface area contributed by atoms with E-state index in [0.717, 1.165) is 10.9 Å². The third-order valence-electron chi connectivity index (χ3n) is 5.11. The Bertz CT molecular complexity index is 1130. The van der Waals surface area contributed by atoms with E-state index >= 15 is 0 Å². The van der Waals surface area contributed by atoms with Crippen molar-refractivity contribution in [3.05, 3.63) is 60.3 Å². The molecule has 0 radical (unpaired) electrons. The molecule has 1 heterocycles. The lowest BCUT2D eigenvalue weighted by Gasteiger charge is -2.19. The number of likely N-dealkylation sites (N-methyl/N-ethyl adjacent to an activating group) is 1. The van der Waals surface area contributed by atoms with Crippen molar-refractivity contribution < 1.29 is 14.3 Å². The predicted octanol–water partition coefficient (Wildman–Crippen LogP) is 3.79. The van der Waals surface area contributed by atoms with Crippen molar-refractivity contribution in [1.29, 1.82) is 5.26 Å². The van der Waals surface area contributed by atoms with Crippen LogP contribution in [0.3, 0.4) is 0 Å². The molecule has 7 heteroatoms. The Hall–Kier alpha value is -3.79. The largest absolute Gasteiger partial charge is 0.481 e. The van der Waals surface area contributed by atoms with Gasteiger partial charge in [0.1, 0.15) is 12.3 Å². The van der Waals surface area contributed by atoms with Crippen LogP contribution < -0.4 is 10.1 Å². The zero-order chi connectivity index (χ0) is 22.4. The van der Waals surface area contributed by atoms with Crippen molar-refractivity contribution in [1.82, 2.24) is 9.47 Å². The number of rotatable bonds is 8. The maximum atomic E-state index is 12.5. The Labute approximate surface area is 181 Å². The van der Waals surface area contributed by atoms with Crippen LogP contribution in [0, 0.1) is 11.3 Å². The molecule has 7 nitrogen and oxygen atoms in total. The Balaban J connectivity index is 1.67. The van der Waals surface area contributed by atoms with Gasteiger partial charge in [-0.3, -0.25) is 9.59 Å². The lowest BCUT2D eigenvalue weighted by atomic mass is 10.2. The van der Waals surface area contributed by atoms with E-state index in [1.165, 1.54) is 0 Å². The highest BCUT2D eigenvalue weighted by Crippen LogP contribution is 2.22. The number of benzene rings is 2. The molecule has 0 aliphatic rings. The third kappa shape index (κ3) is 5.23. The molecule has 0 spiro atoms. The van der Waals surface area contributed by atoms with Crippen LogP contribution in [-0.4, -0.2) is 40.5 Å². The van der Waals surface area contributed by atoms with Crippen LogP contribution in [0.5, 0.6) is 5.75 Å². The van der Waals surface area contributed by atoms with Crippen molar-refractivity contribution in [3.63, 3.8) is 0 Å². The fourth-order valence-electron chi connectivity index (χ4n) is 3.38. The summed E-state index contributed by atoms with van der Waals surface area (Å²) >= 11 is 0. The van der Waals surface area contributed by atoms with Gasteiger partial charge in [0.2, 0.25) is 5.91 Å². The summed E-state index contributed by atoms with van der Waals surface area (Å²) in [5.41, 5.74) is 2.04. The molecule has 0 bridgehead atoms. The SMILES string of the molecule is CCN(CC)C(=O)Cn1ccc2cc(NC(=O)C(C)Oc3cccc(C#N)c3)ccc21. The number of nitrogens with one attached hydrogen (secondary N) is 1. The van der Waals surface area contributed by atoms with Crippen molar-refractivity contribution in [3.8, 4) is 11.8 Å². The van der Waals surface area contributed by atoms with Crippen LogP contribution in [0.4, 0.5) is 5.69 Å². The molecule has 1 atom stereocenters. The summed E-state index contributed by atoms with van der Waals surface area (Å²) in [6, 6.07) is 16.2. The third-order valence-corrected chi connectivity index (χ3v) is 5.11. The predicted molar refractivity (Wildman–Crippen MR) is 120 cm³/mol. The number of amides is 2. The van der Waals surface area contributed by atoms with Gasteiger partial charge in [-0.25, -0.2) is 0 Å². The van der Waals surface area contributed by atoms with Crippen molar-refractivity contribution >= 4 is 28.4 Å². The summed E-state index contributed by atoms with van der Waals surface area (Å²) in [6.45, 7) is 7.24. The van der Waals surface area contributed by atoms with Crippen molar-refractivity contribution in [2.75, 3.05) is 18.4 Å². The number of nitrogens with zero attached hydrogens (tertiary/aromatic N) is 3. The van der Waals surface area contributed by atoms with Gasteiger partial charge in [0, 0.05) is 35.9 Å². The molecular weight excluding hydrogens is 392 g/mol. The average Bonchev–Trinajstić information content (AvgIpc) is 3.16. The second kappa shape index (κ2) is 9.81. The maximum Gasteiger partial charge on any atom is 0.265 e. The van der Waals surface area contributed by atoms with Gasteiger partial charge in [-0.05, 0) is 63.2 Å². The number of aromatic nitrogens is 1. The van der Waals surface area contributed by atoms with Gasteiger partial charge < -0.3 is 19.5 Å². The summed E-state index contributed by atoms with van der Waals surface area (Å²) in [7, 11) is 0. The minimum absolute atomic E-state index is 0.0753. The van der Waals surface area contributed by atoms with E-state index in [1.54, 1.807) is 36.1 Å². The van der Waals surface area contributed by atoms with Crippen LogP contribution >= 0.6 is 0 Å². The lowest BCUT2D eigenvalue weighted by molar-refractivity contribution is -0.131. The molecule has 0 saturated heterocycles. The summed E-state index contributed by atoms with van der Waals surface area (Å²) in [5, 5.41) is 12.8. The normalized spacial score (nSPS) is 11.5. The van der Waals surface area contributed by atoms with E-state index in [1.807, 2.05) is 54.9 Å². The monoisotopic (exact) mass is 418 g/mol. The minimum Gasteiger partial charge on any atom is -0.481 e. The Kier molecular flexibility index (Phi) is 6.93. The molecule has 0 saturated carbocycles. The molecule has 1 aromatic heterocycles. The fourth-order valence-corrected chi connectivity index (χ4v) is 3.38. The van der Waals surface area contributed by atoms with Crippen LogP contribution in [0.25, 0.3) is 10.9 Å². The van der Waals surface area contributed by atoms with Crippen LogP contribution in [0.15, 0.2) is 54.7 Å². The molecule has 0 fully saturated rings. The molecule has 3 aromatic rings. The van der Waals surface area contributed by atoms with E-state index < -0.39 is 6.10 Å². The number of carbonyl (C=O) groups excluding carboxylic acids is 2. The van der Waals surface area contributed by atoms with Gasteiger partial charge in [-0.2, -0.15) is 5.26 Å². The first-order chi connectivity index (χ1) is 14.9. The van der Waals surface area contributed by atoms with Crippen molar-refractivity contribution in [2.24, 2.45) is 0 Å². The molecule has 31 heavy (non-hydrogen) atoms. The zero-order valence-electron chi connectivity index (χ0n) is 18.0. The number of anilines is 1. The molecule has 2 aromatic carbocycles. The maximum absolute atomic E-state index is 12.5. The fraction of sp³-hybridized carbons (Fsp3) is 0.292. The zero-order valence-corrected chi connectivity index (χ0v) is 18.0. The number of fused-ring (bicyclic) bond motifs is 1. The van der Waals surface area contributed by atoms with Gasteiger partial charge in [-0.1, -0.05) is 6.07 Å². The Morgan fingerprint density at radius 2 is 1.94 bits per heavy atom. The molecular formula is C24H26N4O3. The van der Waals surface area contributed by atoms with Gasteiger partial charge >= 0.3 is 0 Å². The topological polar surface area (TPSA) is 87.4 Å². The van der Waals surface area contributed by atoms with E-state index in [9.17, 15) is 9.59 Å². The quantitative estimate of drug-likeness (QED) is 0.603. The summed E-state index contributed by atoms with van der Waals surface area (Å²) in [5.74, 6) is 0.247. The molecule has 1 unspecified atom stereocenters. The van der Waals surface area contributed by atoms with Crippen LogP contribution in [0.1, 0.15) is 26.3 Å². The highest BCUT2D eigenvalue weighted by atomic mass is 16.5. The first kappa shape index (κ1) is 21.9. The Morgan fingerprint density at radius 3 is 2.65 bits per heavy atom. The number of hydrogen-bond acceptors (Lipinski definition) is 4. The summed E-state index contributed by atoms with van der Waals surface area (Å²) in [6.07, 6.45) is 1.15. The summed E-state index contributed by atoms with van der Waals surface area (Å²) in [4.78, 5) is 26.8. The van der Waals surface area contributed by atoms with Gasteiger partial charge in [0.05, 0.1) is 11.6 Å². The van der Waals surface area contributed by atoms with E-state index in [0.29, 0.717) is 30.1 Å². The molecule has 160 valence electrons. The van der Waals surface area contributed by atoms with Crippen LogP contribution in [0.2, 0.25) is 0 Å². The van der Waals surface area contributed by atoms with E-state index in [4.69, 9.17) is 10.00 Å². The number of nitriles is 1. The number of carbonyl (C=O) groups is 2. The molecule has 0 aliphatic heterocycles. The summed E-state index contributed by atoms with van der Waals surface area (Å²) < 4.78 is 7.57. The number of hydrogen-bond donors (Lipinski definition) is 1. The molecule has 3 rings (SSSR count).